The first-order chi connectivity index (χ1) is 12.8. The van der Waals surface area contributed by atoms with Gasteiger partial charge in [0.15, 0.2) is 5.78 Å². The first-order valence-electron chi connectivity index (χ1n) is 9.83. The van der Waals surface area contributed by atoms with Crippen LogP contribution in [0.3, 0.4) is 0 Å². The fraction of sp³-hybridized carbons (Fsp3) is 0.636. The molecule has 0 N–H and O–H groups in total. The molecule has 2 unspecified atom stereocenters. The monoisotopic (exact) mass is 393 g/mol. The lowest BCUT2D eigenvalue weighted by Gasteiger charge is -2.23. The first-order valence-corrected chi connectivity index (χ1v) is 10.3. The molecule has 1 aromatic carbocycles. The average molecular weight is 393 g/mol. The van der Waals surface area contributed by atoms with E-state index in [0.29, 0.717) is 18.1 Å². The van der Waals surface area contributed by atoms with Gasteiger partial charge < -0.3 is 4.74 Å². The number of esters is 1. The highest BCUT2D eigenvalue weighted by molar-refractivity contribution is 7.00. The van der Waals surface area contributed by atoms with E-state index >= 15 is 0 Å². The predicted molar refractivity (Wildman–Crippen MR) is 111 cm³/mol. The Labute approximate surface area is 165 Å². The molecular formula is C22H34O4P+. The van der Waals surface area contributed by atoms with Crippen molar-refractivity contribution >= 4 is 20.9 Å². The van der Waals surface area contributed by atoms with Crippen molar-refractivity contribution in [2.75, 3.05) is 6.61 Å². The van der Waals surface area contributed by atoms with E-state index in [2.05, 4.69) is 13.8 Å². The molecule has 5 heteroatoms. The number of hydrogen-bond acceptors (Lipinski definition) is 4. The molecule has 1 aliphatic carbocycles. The van der Waals surface area contributed by atoms with Crippen LogP contribution in [0.2, 0.25) is 0 Å². The molecule has 27 heavy (non-hydrogen) atoms. The molecule has 0 aromatic heterocycles. The maximum atomic E-state index is 13.3. The minimum Gasteiger partial charge on any atom is -0.465 e. The van der Waals surface area contributed by atoms with Crippen molar-refractivity contribution in [3.05, 3.63) is 34.4 Å². The minimum absolute atomic E-state index is 0.0450. The second-order valence-corrected chi connectivity index (χ2v) is 8.01. The molecule has 0 radical (unpaired) electrons. The Bertz CT molecular complexity index is 625. The van der Waals surface area contributed by atoms with Gasteiger partial charge in [0.2, 0.25) is 0 Å². The lowest BCUT2D eigenvalue weighted by molar-refractivity contribution is -0.148. The Morgan fingerprint density at radius 2 is 1.59 bits per heavy atom. The SMILES string of the molecule is Cc1cc(C)c(C(=O)C(C(=O)OCCC(C)C)C2CCCC2)c(C)c1.O=[PH2+]. The second kappa shape index (κ2) is 11.3. The fourth-order valence-electron chi connectivity index (χ4n) is 4.01. The largest absolute Gasteiger partial charge is 0.465 e. The molecular weight excluding hydrogens is 359 g/mol. The highest BCUT2D eigenvalue weighted by atomic mass is 31.0. The third kappa shape index (κ3) is 6.53. The minimum atomic E-state index is -0.644. The van der Waals surface area contributed by atoms with Gasteiger partial charge in [-0.2, -0.15) is 0 Å². The normalized spacial score (nSPS) is 15.2. The van der Waals surface area contributed by atoms with Crippen molar-refractivity contribution in [2.24, 2.45) is 17.8 Å². The molecule has 1 fully saturated rings. The standard InChI is InChI=1S/C22H32O3.H2OP/c1-14(2)10-11-25-22(24)20(18-8-6-7-9-18)21(23)19-16(4)12-15(3)13-17(19)5;1-2/h12-14,18,20H,6-11H2,1-5H3;2H2/q;+1. The van der Waals surface area contributed by atoms with Crippen LogP contribution in [0.5, 0.6) is 0 Å². The number of carbonyl (C=O) groups excluding carboxylic acids is 2. The van der Waals surface area contributed by atoms with Crippen LogP contribution in [-0.4, -0.2) is 18.4 Å². The zero-order valence-corrected chi connectivity index (χ0v) is 18.5. The number of ketones is 1. The fourth-order valence-corrected chi connectivity index (χ4v) is 4.01. The van der Waals surface area contributed by atoms with Gasteiger partial charge in [-0.3, -0.25) is 9.59 Å². The summed E-state index contributed by atoms with van der Waals surface area (Å²) < 4.78 is 13.7. The van der Waals surface area contributed by atoms with Crippen molar-refractivity contribution < 1.29 is 18.9 Å². The van der Waals surface area contributed by atoms with Gasteiger partial charge in [0.25, 0.3) is 0 Å². The van der Waals surface area contributed by atoms with Crippen LogP contribution in [0.15, 0.2) is 12.1 Å². The van der Waals surface area contributed by atoms with Gasteiger partial charge in [0, 0.05) is 5.56 Å². The average Bonchev–Trinajstić information content (AvgIpc) is 3.09. The Kier molecular flexibility index (Phi) is 9.87. The molecule has 1 saturated carbocycles. The van der Waals surface area contributed by atoms with E-state index in [1.807, 2.05) is 32.9 Å². The first kappa shape index (κ1) is 23.5. The number of carbonyl (C=O) groups is 2. The molecule has 2 rings (SSSR count). The van der Waals surface area contributed by atoms with E-state index in [-0.39, 0.29) is 17.7 Å². The van der Waals surface area contributed by atoms with E-state index in [1.165, 1.54) is 9.12 Å². The summed E-state index contributed by atoms with van der Waals surface area (Å²) in [7, 11) is 1.17. The van der Waals surface area contributed by atoms with Gasteiger partial charge in [-0.1, -0.05) is 49.0 Å². The van der Waals surface area contributed by atoms with Gasteiger partial charge in [-0.05, 0) is 63.0 Å². The zero-order chi connectivity index (χ0) is 20.6. The maximum absolute atomic E-state index is 13.3. The summed E-state index contributed by atoms with van der Waals surface area (Å²) >= 11 is 0. The summed E-state index contributed by atoms with van der Waals surface area (Å²) in [6, 6.07) is 4.05. The van der Waals surface area contributed by atoms with Crippen LogP contribution in [0.1, 0.15) is 73.0 Å². The number of ether oxygens (including phenoxy) is 1. The summed E-state index contributed by atoms with van der Waals surface area (Å²) in [4.78, 5) is 26.1. The van der Waals surface area contributed by atoms with E-state index in [4.69, 9.17) is 9.30 Å². The van der Waals surface area contributed by atoms with E-state index in [0.717, 1.165) is 48.8 Å². The molecule has 0 heterocycles. The van der Waals surface area contributed by atoms with E-state index in [1.54, 1.807) is 0 Å². The van der Waals surface area contributed by atoms with Crippen molar-refractivity contribution in [1.82, 2.24) is 0 Å². The zero-order valence-electron chi connectivity index (χ0n) is 17.3. The Morgan fingerprint density at radius 3 is 2.07 bits per heavy atom. The Hall–Kier alpha value is -1.54. The Balaban J connectivity index is 0.00000176. The summed E-state index contributed by atoms with van der Waals surface area (Å²) in [5, 5.41) is 0. The molecule has 2 atom stereocenters. The number of rotatable bonds is 7. The highest BCUT2D eigenvalue weighted by Gasteiger charge is 2.38. The molecule has 1 aromatic rings. The van der Waals surface area contributed by atoms with Gasteiger partial charge in [0.05, 0.1) is 6.61 Å². The molecule has 0 spiro atoms. The van der Waals surface area contributed by atoms with Crippen LogP contribution in [0.25, 0.3) is 0 Å². The van der Waals surface area contributed by atoms with Gasteiger partial charge in [-0.25, -0.2) is 0 Å². The molecule has 0 saturated heterocycles. The molecule has 0 bridgehead atoms. The van der Waals surface area contributed by atoms with Crippen molar-refractivity contribution in [3.8, 4) is 0 Å². The smallest absolute Gasteiger partial charge is 0.317 e. The highest BCUT2D eigenvalue weighted by Crippen LogP contribution is 2.35. The molecule has 1 aliphatic rings. The maximum Gasteiger partial charge on any atom is 0.317 e. The second-order valence-electron chi connectivity index (χ2n) is 8.01. The van der Waals surface area contributed by atoms with Crippen LogP contribution in [0.4, 0.5) is 0 Å². The van der Waals surface area contributed by atoms with Crippen LogP contribution >= 0.6 is 9.12 Å². The van der Waals surface area contributed by atoms with Crippen LogP contribution < -0.4 is 0 Å². The van der Waals surface area contributed by atoms with Gasteiger partial charge in [-0.15, -0.1) is 0 Å². The third-order valence-corrected chi connectivity index (χ3v) is 5.27. The lowest BCUT2D eigenvalue weighted by Crippen LogP contribution is -2.33. The topological polar surface area (TPSA) is 60.4 Å². The molecule has 150 valence electrons. The van der Waals surface area contributed by atoms with E-state index in [9.17, 15) is 9.59 Å². The van der Waals surface area contributed by atoms with Crippen LogP contribution in [0, 0.1) is 38.5 Å². The van der Waals surface area contributed by atoms with Crippen molar-refractivity contribution in [3.63, 3.8) is 0 Å². The summed E-state index contributed by atoms with van der Waals surface area (Å²) in [6.45, 7) is 10.6. The van der Waals surface area contributed by atoms with E-state index < -0.39 is 5.92 Å². The molecule has 0 amide bonds. The lowest BCUT2D eigenvalue weighted by atomic mass is 9.81. The predicted octanol–water partition coefficient (Wildman–Crippen LogP) is 5.40. The summed E-state index contributed by atoms with van der Waals surface area (Å²) in [6.07, 6.45) is 4.92. The summed E-state index contributed by atoms with van der Waals surface area (Å²) in [5.41, 5.74) is 3.77. The number of benzene rings is 1. The third-order valence-electron chi connectivity index (χ3n) is 5.27. The Morgan fingerprint density at radius 1 is 1.07 bits per heavy atom. The number of hydrogen-bond donors (Lipinski definition) is 0. The van der Waals surface area contributed by atoms with Crippen LogP contribution in [-0.2, 0) is 14.1 Å². The molecule has 4 nitrogen and oxygen atoms in total. The summed E-state index contributed by atoms with van der Waals surface area (Å²) in [5.74, 6) is -0.405. The number of Topliss-reactive ketones (excluding diaryl/α,β-unsaturated/α-hetero) is 1. The quantitative estimate of drug-likeness (QED) is 0.269. The number of aryl methyl sites for hydroxylation is 3. The van der Waals surface area contributed by atoms with Crippen molar-refractivity contribution in [1.29, 1.82) is 0 Å². The van der Waals surface area contributed by atoms with Crippen molar-refractivity contribution in [2.45, 2.75) is 66.7 Å². The van der Waals surface area contributed by atoms with Gasteiger partial charge >= 0.3 is 15.1 Å². The molecule has 0 aliphatic heterocycles. The van der Waals surface area contributed by atoms with Gasteiger partial charge in [0.1, 0.15) is 5.92 Å².